The van der Waals surface area contributed by atoms with Gasteiger partial charge in [0, 0.05) is 11.0 Å². The molecule has 2 amide bonds. The van der Waals surface area contributed by atoms with Gasteiger partial charge in [-0.1, -0.05) is 57.9 Å². The first-order valence-corrected chi connectivity index (χ1v) is 7.69. The third kappa shape index (κ3) is 4.90. The van der Waals surface area contributed by atoms with Gasteiger partial charge < -0.3 is 10.6 Å². The van der Waals surface area contributed by atoms with Gasteiger partial charge in [-0.05, 0) is 37.1 Å². The summed E-state index contributed by atoms with van der Waals surface area (Å²) in [6, 6.07) is 15.8. The monoisotopic (exact) mass is 346 g/mol. The summed E-state index contributed by atoms with van der Waals surface area (Å²) in [5, 5.41) is 5.81. The fourth-order valence-electron chi connectivity index (χ4n) is 2.00. The quantitative estimate of drug-likeness (QED) is 0.850. The lowest BCUT2D eigenvalue weighted by Gasteiger charge is -2.15. The molecular formula is C17H19BrN2O. The molecule has 0 fully saturated rings. The number of carbonyl (C=O) groups is 1. The molecule has 0 aliphatic carbocycles. The standard InChI is InChI=1S/C17H19BrN2O/c1-12-6-8-14(9-7-12)11-19-17(21)20-13(2)15-4-3-5-16(18)10-15/h3-10,13H,11H2,1-2H3,(H2,19,20,21). The number of hydrogen-bond donors (Lipinski definition) is 2. The van der Waals surface area contributed by atoms with E-state index in [-0.39, 0.29) is 12.1 Å². The smallest absolute Gasteiger partial charge is 0.315 e. The van der Waals surface area contributed by atoms with Crippen molar-refractivity contribution in [3.8, 4) is 0 Å². The van der Waals surface area contributed by atoms with E-state index in [1.54, 1.807) is 0 Å². The molecule has 2 N–H and O–H groups in total. The Labute approximate surface area is 133 Å². The van der Waals surface area contributed by atoms with Gasteiger partial charge >= 0.3 is 6.03 Å². The number of carbonyl (C=O) groups excluding carboxylic acids is 1. The Morgan fingerprint density at radius 3 is 2.57 bits per heavy atom. The predicted octanol–water partition coefficient (Wildman–Crippen LogP) is 4.32. The van der Waals surface area contributed by atoms with Crippen molar-refractivity contribution in [1.82, 2.24) is 10.6 Å². The highest BCUT2D eigenvalue weighted by atomic mass is 79.9. The van der Waals surface area contributed by atoms with Crippen molar-refractivity contribution >= 4 is 22.0 Å². The lowest BCUT2D eigenvalue weighted by molar-refractivity contribution is 0.237. The predicted molar refractivity (Wildman–Crippen MR) is 89.1 cm³/mol. The zero-order chi connectivity index (χ0) is 15.2. The van der Waals surface area contributed by atoms with Crippen molar-refractivity contribution < 1.29 is 4.79 Å². The highest BCUT2D eigenvalue weighted by molar-refractivity contribution is 9.10. The molecular weight excluding hydrogens is 328 g/mol. The zero-order valence-corrected chi connectivity index (χ0v) is 13.8. The van der Waals surface area contributed by atoms with E-state index < -0.39 is 0 Å². The molecule has 0 aromatic heterocycles. The van der Waals surface area contributed by atoms with Gasteiger partial charge in [0.25, 0.3) is 0 Å². The molecule has 1 unspecified atom stereocenters. The van der Waals surface area contributed by atoms with Crippen LogP contribution in [0.2, 0.25) is 0 Å². The number of nitrogens with one attached hydrogen (secondary N) is 2. The summed E-state index contributed by atoms with van der Waals surface area (Å²) in [6.07, 6.45) is 0. The number of amides is 2. The van der Waals surface area contributed by atoms with E-state index in [4.69, 9.17) is 0 Å². The summed E-state index contributed by atoms with van der Waals surface area (Å²) in [5.41, 5.74) is 3.37. The number of aryl methyl sites for hydroxylation is 1. The van der Waals surface area contributed by atoms with Crippen LogP contribution in [-0.4, -0.2) is 6.03 Å². The minimum absolute atomic E-state index is 0.0412. The van der Waals surface area contributed by atoms with Gasteiger partial charge in [0.1, 0.15) is 0 Å². The molecule has 0 saturated heterocycles. The van der Waals surface area contributed by atoms with Gasteiger partial charge in [-0.3, -0.25) is 0 Å². The molecule has 0 heterocycles. The number of hydrogen-bond acceptors (Lipinski definition) is 1. The molecule has 3 nitrogen and oxygen atoms in total. The van der Waals surface area contributed by atoms with Crippen LogP contribution in [0.15, 0.2) is 53.0 Å². The number of halogens is 1. The maximum absolute atomic E-state index is 11.9. The van der Waals surface area contributed by atoms with Crippen LogP contribution in [0, 0.1) is 6.92 Å². The van der Waals surface area contributed by atoms with E-state index in [1.807, 2.05) is 62.4 Å². The Kier molecular flexibility index (Phi) is 5.39. The van der Waals surface area contributed by atoms with Crippen LogP contribution in [0.4, 0.5) is 4.79 Å². The zero-order valence-electron chi connectivity index (χ0n) is 12.2. The second-order valence-electron chi connectivity index (χ2n) is 5.09. The Morgan fingerprint density at radius 2 is 1.90 bits per heavy atom. The molecule has 0 aliphatic heterocycles. The molecule has 21 heavy (non-hydrogen) atoms. The Balaban J connectivity index is 1.85. The second-order valence-corrected chi connectivity index (χ2v) is 6.00. The SMILES string of the molecule is Cc1ccc(CNC(=O)NC(C)c2cccc(Br)c2)cc1. The number of rotatable bonds is 4. The van der Waals surface area contributed by atoms with Crippen molar-refractivity contribution in [3.63, 3.8) is 0 Å². The van der Waals surface area contributed by atoms with Crippen molar-refractivity contribution in [2.75, 3.05) is 0 Å². The van der Waals surface area contributed by atoms with Crippen LogP contribution in [0.5, 0.6) is 0 Å². The molecule has 110 valence electrons. The molecule has 0 saturated carbocycles. The van der Waals surface area contributed by atoms with Crippen LogP contribution >= 0.6 is 15.9 Å². The summed E-state index contributed by atoms with van der Waals surface area (Å²) >= 11 is 3.44. The maximum Gasteiger partial charge on any atom is 0.315 e. The summed E-state index contributed by atoms with van der Waals surface area (Å²) in [6.45, 7) is 4.54. The first kappa shape index (κ1) is 15.6. The average molecular weight is 347 g/mol. The van der Waals surface area contributed by atoms with E-state index >= 15 is 0 Å². The summed E-state index contributed by atoms with van der Waals surface area (Å²) in [5.74, 6) is 0. The minimum Gasteiger partial charge on any atom is -0.334 e. The molecule has 0 aliphatic rings. The molecule has 0 radical (unpaired) electrons. The van der Waals surface area contributed by atoms with Gasteiger partial charge in [0.15, 0.2) is 0 Å². The van der Waals surface area contributed by atoms with E-state index in [2.05, 4.69) is 26.6 Å². The van der Waals surface area contributed by atoms with Crippen molar-refractivity contribution in [2.45, 2.75) is 26.4 Å². The van der Waals surface area contributed by atoms with Crippen LogP contribution in [0.25, 0.3) is 0 Å². The number of urea groups is 1. The fraction of sp³-hybridized carbons (Fsp3) is 0.235. The number of benzene rings is 2. The Bertz CT molecular complexity index is 610. The summed E-state index contributed by atoms with van der Waals surface area (Å²) < 4.78 is 1.01. The lowest BCUT2D eigenvalue weighted by atomic mass is 10.1. The summed E-state index contributed by atoms with van der Waals surface area (Å²) in [7, 11) is 0. The van der Waals surface area contributed by atoms with Gasteiger partial charge in [-0.25, -0.2) is 4.79 Å². The van der Waals surface area contributed by atoms with Gasteiger partial charge in [-0.2, -0.15) is 0 Å². The van der Waals surface area contributed by atoms with Crippen LogP contribution in [0.3, 0.4) is 0 Å². The van der Waals surface area contributed by atoms with Gasteiger partial charge in [0.05, 0.1) is 6.04 Å². The van der Waals surface area contributed by atoms with Crippen molar-refractivity contribution in [3.05, 3.63) is 69.7 Å². The van der Waals surface area contributed by atoms with Gasteiger partial charge in [-0.15, -0.1) is 0 Å². The van der Waals surface area contributed by atoms with Crippen molar-refractivity contribution in [1.29, 1.82) is 0 Å². The Hall–Kier alpha value is -1.81. The first-order valence-electron chi connectivity index (χ1n) is 6.90. The lowest BCUT2D eigenvalue weighted by Crippen LogP contribution is -2.36. The molecule has 2 aromatic rings. The molecule has 0 spiro atoms. The molecule has 1 atom stereocenters. The van der Waals surface area contributed by atoms with E-state index in [0.717, 1.165) is 15.6 Å². The molecule has 2 rings (SSSR count). The van der Waals surface area contributed by atoms with Crippen LogP contribution in [0.1, 0.15) is 29.7 Å². The van der Waals surface area contributed by atoms with Gasteiger partial charge in [0.2, 0.25) is 0 Å². The van der Waals surface area contributed by atoms with Crippen molar-refractivity contribution in [2.24, 2.45) is 0 Å². The largest absolute Gasteiger partial charge is 0.334 e. The Morgan fingerprint density at radius 1 is 1.19 bits per heavy atom. The van der Waals surface area contributed by atoms with Crippen LogP contribution < -0.4 is 10.6 Å². The highest BCUT2D eigenvalue weighted by Crippen LogP contribution is 2.17. The first-order chi connectivity index (χ1) is 10.0. The second kappa shape index (κ2) is 7.27. The third-order valence-electron chi connectivity index (χ3n) is 3.27. The van der Waals surface area contributed by atoms with E-state index in [0.29, 0.717) is 6.54 Å². The van der Waals surface area contributed by atoms with E-state index in [9.17, 15) is 4.79 Å². The minimum atomic E-state index is -0.164. The van der Waals surface area contributed by atoms with E-state index in [1.165, 1.54) is 5.56 Å². The maximum atomic E-state index is 11.9. The molecule has 4 heteroatoms. The molecule has 0 bridgehead atoms. The topological polar surface area (TPSA) is 41.1 Å². The van der Waals surface area contributed by atoms with Crippen LogP contribution in [-0.2, 0) is 6.54 Å². The average Bonchev–Trinajstić information content (AvgIpc) is 2.46. The molecule has 2 aromatic carbocycles. The highest BCUT2D eigenvalue weighted by Gasteiger charge is 2.09. The summed E-state index contributed by atoms with van der Waals surface area (Å²) in [4.78, 5) is 11.9. The normalized spacial score (nSPS) is 11.8. The fourth-order valence-corrected chi connectivity index (χ4v) is 2.41. The third-order valence-corrected chi connectivity index (χ3v) is 3.76.